The Morgan fingerprint density at radius 1 is 1.00 bits per heavy atom. The number of halogens is 2. The number of nitrogens with one attached hydrogen (secondary N) is 1. The van der Waals surface area contributed by atoms with E-state index in [0.717, 1.165) is 5.56 Å². The molecule has 0 fully saturated rings. The Balaban J connectivity index is 2.06. The average Bonchev–Trinajstić information content (AvgIpc) is 2.77. The van der Waals surface area contributed by atoms with E-state index in [9.17, 15) is 13.6 Å². The normalized spacial score (nSPS) is 20.6. The number of carbonyl (C=O) groups is 1. The first-order chi connectivity index (χ1) is 10.5. The molecule has 0 saturated carbocycles. The molecule has 3 rings (SSSR count). The van der Waals surface area contributed by atoms with Crippen LogP contribution in [0.4, 0.5) is 8.78 Å². The molecule has 0 aliphatic carbocycles. The number of amides is 1. The fraction of sp³-hybridized carbons (Fsp3) is 0.125. The molecular weight excluding hydrogens is 288 g/mol. The van der Waals surface area contributed by atoms with Gasteiger partial charge in [0.15, 0.2) is 11.5 Å². The lowest BCUT2D eigenvalue weighted by Crippen LogP contribution is -2.40. The number of hydrogen-bond donors (Lipinski definition) is 2. The summed E-state index contributed by atoms with van der Waals surface area (Å²) in [6, 6.07) is 11.3. The maximum absolute atomic E-state index is 13.1. The van der Waals surface area contributed by atoms with E-state index in [0.29, 0.717) is 5.56 Å². The van der Waals surface area contributed by atoms with Crippen molar-refractivity contribution < 1.29 is 13.6 Å². The summed E-state index contributed by atoms with van der Waals surface area (Å²) in [5.74, 6) is -1.15. The summed E-state index contributed by atoms with van der Waals surface area (Å²) in [6.45, 7) is 0. The van der Waals surface area contributed by atoms with Crippen molar-refractivity contribution in [1.29, 1.82) is 0 Å². The molecule has 2 aromatic rings. The number of aliphatic imine (C=N–C) groups is 1. The second kappa shape index (κ2) is 5.22. The molecule has 0 aromatic heterocycles. The molecule has 1 amide bonds. The van der Waals surface area contributed by atoms with Gasteiger partial charge in [-0.3, -0.25) is 10.1 Å². The van der Waals surface area contributed by atoms with E-state index in [1.54, 1.807) is 12.1 Å². The number of benzene rings is 2. The smallest absolute Gasteiger partial charge is 0.259 e. The van der Waals surface area contributed by atoms with E-state index in [1.165, 1.54) is 36.4 Å². The fourth-order valence-electron chi connectivity index (χ4n) is 2.54. The molecule has 0 saturated heterocycles. The van der Waals surface area contributed by atoms with Crippen LogP contribution < -0.4 is 11.1 Å². The SMILES string of the molecule is NC1=NC(Cc2ccc(F)cc2)(c2ccc(F)cc2)C(=O)N1. The quantitative estimate of drug-likeness (QED) is 0.908. The molecule has 1 unspecified atom stereocenters. The molecule has 3 N–H and O–H groups in total. The van der Waals surface area contributed by atoms with Gasteiger partial charge in [0, 0.05) is 6.42 Å². The van der Waals surface area contributed by atoms with Gasteiger partial charge in [-0.1, -0.05) is 24.3 Å². The van der Waals surface area contributed by atoms with Crippen molar-refractivity contribution in [1.82, 2.24) is 5.32 Å². The van der Waals surface area contributed by atoms with E-state index in [4.69, 9.17) is 5.73 Å². The largest absolute Gasteiger partial charge is 0.370 e. The first kappa shape index (κ1) is 14.2. The van der Waals surface area contributed by atoms with Crippen molar-refractivity contribution in [2.75, 3.05) is 0 Å². The van der Waals surface area contributed by atoms with Gasteiger partial charge in [0.05, 0.1) is 0 Å². The lowest BCUT2D eigenvalue weighted by atomic mass is 9.84. The zero-order chi connectivity index (χ0) is 15.7. The minimum atomic E-state index is -1.27. The van der Waals surface area contributed by atoms with Crippen LogP contribution in [0.1, 0.15) is 11.1 Å². The highest BCUT2D eigenvalue weighted by Crippen LogP contribution is 2.33. The van der Waals surface area contributed by atoms with Gasteiger partial charge in [0.2, 0.25) is 0 Å². The molecule has 1 aliphatic heterocycles. The summed E-state index contributed by atoms with van der Waals surface area (Å²) in [5.41, 5.74) is 5.61. The monoisotopic (exact) mass is 301 g/mol. The van der Waals surface area contributed by atoms with Crippen molar-refractivity contribution in [2.45, 2.75) is 12.0 Å². The molecule has 112 valence electrons. The summed E-state index contributed by atoms with van der Waals surface area (Å²) in [6.07, 6.45) is 0.200. The van der Waals surface area contributed by atoms with Crippen molar-refractivity contribution in [3.63, 3.8) is 0 Å². The molecule has 22 heavy (non-hydrogen) atoms. The Labute approximate surface area is 125 Å². The lowest BCUT2D eigenvalue weighted by molar-refractivity contribution is -0.124. The minimum absolute atomic E-state index is 0.0106. The summed E-state index contributed by atoms with van der Waals surface area (Å²) < 4.78 is 26.2. The molecule has 1 aliphatic rings. The second-order valence-electron chi connectivity index (χ2n) is 5.12. The molecule has 0 spiro atoms. The Kier molecular flexibility index (Phi) is 3.36. The van der Waals surface area contributed by atoms with Crippen LogP contribution in [0.15, 0.2) is 53.5 Å². The number of hydrogen-bond acceptors (Lipinski definition) is 3. The van der Waals surface area contributed by atoms with E-state index in [1.807, 2.05) is 0 Å². The van der Waals surface area contributed by atoms with Gasteiger partial charge in [-0.25, -0.2) is 13.8 Å². The first-order valence-corrected chi connectivity index (χ1v) is 6.67. The minimum Gasteiger partial charge on any atom is -0.370 e. The van der Waals surface area contributed by atoms with Crippen LogP contribution in [-0.2, 0) is 16.8 Å². The van der Waals surface area contributed by atoms with E-state index >= 15 is 0 Å². The molecular formula is C16H13F2N3O. The third-order valence-electron chi connectivity index (χ3n) is 3.62. The van der Waals surface area contributed by atoms with Gasteiger partial charge < -0.3 is 5.73 Å². The van der Waals surface area contributed by atoms with Crippen molar-refractivity contribution in [3.8, 4) is 0 Å². The van der Waals surface area contributed by atoms with Crippen LogP contribution in [0, 0.1) is 11.6 Å². The fourth-order valence-corrected chi connectivity index (χ4v) is 2.54. The highest BCUT2D eigenvalue weighted by molar-refractivity contribution is 6.07. The number of nitrogens with zero attached hydrogens (tertiary/aromatic N) is 1. The van der Waals surface area contributed by atoms with Crippen LogP contribution in [0.3, 0.4) is 0 Å². The lowest BCUT2D eigenvalue weighted by Gasteiger charge is -2.24. The third-order valence-corrected chi connectivity index (χ3v) is 3.62. The molecule has 1 atom stereocenters. The summed E-state index contributed by atoms with van der Waals surface area (Å²) >= 11 is 0. The van der Waals surface area contributed by atoms with Crippen LogP contribution >= 0.6 is 0 Å². The Morgan fingerprint density at radius 3 is 2.05 bits per heavy atom. The van der Waals surface area contributed by atoms with E-state index in [2.05, 4.69) is 10.3 Å². The molecule has 6 heteroatoms. The van der Waals surface area contributed by atoms with E-state index < -0.39 is 11.4 Å². The van der Waals surface area contributed by atoms with Crippen molar-refractivity contribution >= 4 is 11.9 Å². The number of carbonyl (C=O) groups excluding carboxylic acids is 1. The Hall–Kier alpha value is -2.76. The highest BCUT2D eigenvalue weighted by Gasteiger charge is 2.44. The zero-order valence-electron chi connectivity index (χ0n) is 11.5. The number of nitrogens with two attached hydrogens (primary N) is 1. The van der Waals surface area contributed by atoms with Gasteiger partial charge in [-0.05, 0) is 35.4 Å². The predicted molar refractivity (Wildman–Crippen MR) is 77.9 cm³/mol. The standard InChI is InChI=1S/C16H13F2N3O/c17-12-5-1-10(2-6-12)9-16(14(22)20-15(19)21-16)11-3-7-13(18)8-4-11/h1-8H,9H2,(H3,19,20,21,22). The Bertz CT molecular complexity index is 741. The van der Waals surface area contributed by atoms with Crippen molar-refractivity contribution in [3.05, 3.63) is 71.3 Å². The van der Waals surface area contributed by atoms with Crippen LogP contribution in [0.5, 0.6) is 0 Å². The summed E-state index contributed by atoms with van der Waals surface area (Å²) in [5, 5.41) is 2.47. The molecule has 0 bridgehead atoms. The summed E-state index contributed by atoms with van der Waals surface area (Å²) in [4.78, 5) is 16.6. The van der Waals surface area contributed by atoms with Crippen LogP contribution in [-0.4, -0.2) is 11.9 Å². The van der Waals surface area contributed by atoms with Gasteiger partial charge in [0.25, 0.3) is 5.91 Å². The maximum atomic E-state index is 13.1. The molecule has 1 heterocycles. The second-order valence-corrected chi connectivity index (χ2v) is 5.12. The summed E-state index contributed by atoms with van der Waals surface area (Å²) in [7, 11) is 0. The molecule has 2 aromatic carbocycles. The highest BCUT2D eigenvalue weighted by atomic mass is 19.1. The maximum Gasteiger partial charge on any atom is 0.259 e. The zero-order valence-corrected chi connectivity index (χ0v) is 11.5. The first-order valence-electron chi connectivity index (χ1n) is 6.67. The van der Waals surface area contributed by atoms with Gasteiger partial charge in [-0.2, -0.15) is 0 Å². The van der Waals surface area contributed by atoms with Crippen LogP contribution in [0.2, 0.25) is 0 Å². The predicted octanol–water partition coefficient (Wildman–Crippen LogP) is 1.85. The van der Waals surface area contributed by atoms with Crippen molar-refractivity contribution in [2.24, 2.45) is 10.7 Å². The topological polar surface area (TPSA) is 67.5 Å². The number of rotatable bonds is 3. The Morgan fingerprint density at radius 2 is 1.55 bits per heavy atom. The molecule has 4 nitrogen and oxygen atoms in total. The van der Waals surface area contributed by atoms with Gasteiger partial charge in [-0.15, -0.1) is 0 Å². The van der Waals surface area contributed by atoms with E-state index in [-0.39, 0.29) is 24.1 Å². The molecule has 0 radical (unpaired) electrons. The van der Waals surface area contributed by atoms with Gasteiger partial charge in [0.1, 0.15) is 11.6 Å². The number of guanidine groups is 1. The van der Waals surface area contributed by atoms with Crippen LogP contribution in [0.25, 0.3) is 0 Å². The average molecular weight is 301 g/mol. The third kappa shape index (κ3) is 2.43. The van der Waals surface area contributed by atoms with Gasteiger partial charge >= 0.3 is 0 Å².